The molecule has 1 heterocycles. The minimum atomic E-state index is -4.33. The molecular formula is C5H3F3OS. The van der Waals surface area contributed by atoms with E-state index in [2.05, 4.69) is 17.0 Å². The van der Waals surface area contributed by atoms with Gasteiger partial charge in [-0.3, -0.25) is 0 Å². The van der Waals surface area contributed by atoms with Gasteiger partial charge in [0.25, 0.3) is 0 Å². The first-order valence-corrected chi connectivity index (χ1v) is 2.79. The minimum Gasteiger partial charge on any atom is -0.458 e. The molecule has 1 aromatic rings. The highest BCUT2D eigenvalue weighted by Crippen LogP contribution is 2.31. The summed E-state index contributed by atoms with van der Waals surface area (Å²) >= 11 is 3.57. The predicted molar refractivity (Wildman–Crippen MR) is 31.0 cm³/mol. The van der Waals surface area contributed by atoms with Crippen LogP contribution in [0.5, 0.6) is 0 Å². The van der Waals surface area contributed by atoms with Gasteiger partial charge in [-0.05, 0) is 0 Å². The number of alkyl halides is 3. The third-order valence-corrected chi connectivity index (χ3v) is 1.15. The number of rotatable bonds is 0. The quantitative estimate of drug-likeness (QED) is 0.587. The zero-order valence-electron chi connectivity index (χ0n) is 4.64. The lowest BCUT2D eigenvalue weighted by Gasteiger charge is -1.98. The third-order valence-electron chi connectivity index (χ3n) is 0.913. The van der Waals surface area contributed by atoms with E-state index in [0.29, 0.717) is 6.26 Å². The summed E-state index contributed by atoms with van der Waals surface area (Å²) < 4.78 is 39.5. The molecule has 10 heavy (non-hydrogen) atoms. The molecule has 0 spiro atoms. The first-order chi connectivity index (χ1) is 4.50. The monoisotopic (exact) mass is 168 g/mol. The second kappa shape index (κ2) is 2.23. The molecule has 0 atom stereocenters. The van der Waals surface area contributed by atoms with Crippen LogP contribution in [0.4, 0.5) is 13.2 Å². The van der Waals surface area contributed by atoms with Crippen LogP contribution in [0.3, 0.4) is 0 Å². The largest absolute Gasteiger partial charge is 0.458 e. The van der Waals surface area contributed by atoms with E-state index in [1.54, 1.807) is 0 Å². The lowest BCUT2D eigenvalue weighted by molar-refractivity contribution is -0.137. The summed E-state index contributed by atoms with van der Waals surface area (Å²) in [5.74, 6) is 0. The topological polar surface area (TPSA) is 13.1 Å². The van der Waals surface area contributed by atoms with E-state index in [4.69, 9.17) is 0 Å². The molecule has 0 aliphatic heterocycles. The fraction of sp³-hybridized carbons (Fsp3) is 0.200. The van der Waals surface area contributed by atoms with Crippen molar-refractivity contribution in [2.45, 2.75) is 11.3 Å². The molecule has 0 bridgehead atoms. The lowest BCUT2D eigenvalue weighted by atomic mass is 10.3. The van der Waals surface area contributed by atoms with Gasteiger partial charge in [0.1, 0.15) is 6.26 Å². The molecule has 0 N–H and O–H groups in total. The van der Waals surface area contributed by atoms with E-state index >= 15 is 0 Å². The molecule has 0 amide bonds. The highest BCUT2D eigenvalue weighted by atomic mass is 32.1. The number of thiol groups is 1. The summed E-state index contributed by atoms with van der Waals surface area (Å²) in [6.07, 6.45) is -3.70. The molecule has 0 saturated carbocycles. The number of furan rings is 1. The van der Waals surface area contributed by atoms with Crippen molar-refractivity contribution < 1.29 is 17.6 Å². The Bertz CT molecular complexity index is 227. The van der Waals surface area contributed by atoms with Gasteiger partial charge in [-0.1, -0.05) is 0 Å². The van der Waals surface area contributed by atoms with Crippen LogP contribution in [0, 0.1) is 0 Å². The second-order valence-electron chi connectivity index (χ2n) is 1.67. The van der Waals surface area contributed by atoms with Crippen molar-refractivity contribution in [2.75, 3.05) is 0 Å². The molecule has 0 saturated heterocycles. The molecule has 0 aliphatic carbocycles. The van der Waals surface area contributed by atoms with Crippen LogP contribution in [0.1, 0.15) is 5.56 Å². The second-order valence-corrected chi connectivity index (χ2v) is 2.11. The van der Waals surface area contributed by atoms with Gasteiger partial charge in [-0.25, -0.2) is 0 Å². The van der Waals surface area contributed by atoms with Gasteiger partial charge >= 0.3 is 6.18 Å². The van der Waals surface area contributed by atoms with Crippen LogP contribution in [-0.2, 0) is 6.18 Å². The van der Waals surface area contributed by atoms with Crippen molar-refractivity contribution in [1.29, 1.82) is 0 Å². The fourth-order valence-electron chi connectivity index (χ4n) is 0.474. The van der Waals surface area contributed by atoms with Gasteiger partial charge < -0.3 is 4.42 Å². The number of hydrogen-bond acceptors (Lipinski definition) is 2. The maximum atomic E-state index is 11.7. The van der Waals surface area contributed by atoms with Crippen molar-refractivity contribution in [1.82, 2.24) is 0 Å². The van der Waals surface area contributed by atoms with Gasteiger partial charge in [-0.15, -0.1) is 12.6 Å². The average molecular weight is 168 g/mol. The maximum Gasteiger partial charge on any atom is 0.419 e. The Labute approximate surface area is 60.2 Å². The van der Waals surface area contributed by atoms with E-state index in [9.17, 15) is 13.2 Å². The van der Waals surface area contributed by atoms with E-state index < -0.39 is 11.7 Å². The standard InChI is InChI=1S/C5H3F3OS/c6-5(7,8)3-1-4(10)9-2-3/h1-2,10H. The van der Waals surface area contributed by atoms with E-state index in [1.807, 2.05) is 0 Å². The van der Waals surface area contributed by atoms with E-state index in [1.165, 1.54) is 0 Å². The first-order valence-electron chi connectivity index (χ1n) is 2.35. The molecule has 56 valence electrons. The molecule has 5 heteroatoms. The summed E-state index contributed by atoms with van der Waals surface area (Å²) in [6, 6.07) is 0.823. The van der Waals surface area contributed by atoms with Crippen LogP contribution in [0.25, 0.3) is 0 Å². The molecule has 0 unspecified atom stereocenters. The average Bonchev–Trinajstić information content (AvgIpc) is 2.11. The van der Waals surface area contributed by atoms with Crippen molar-refractivity contribution in [3.8, 4) is 0 Å². The zero-order chi connectivity index (χ0) is 7.78. The highest BCUT2D eigenvalue weighted by molar-refractivity contribution is 7.80. The summed E-state index contributed by atoms with van der Waals surface area (Å²) in [5, 5.41) is -0.0349. The third kappa shape index (κ3) is 1.47. The van der Waals surface area contributed by atoms with Gasteiger partial charge in [0, 0.05) is 6.07 Å². The van der Waals surface area contributed by atoms with E-state index in [0.717, 1.165) is 6.07 Å². The molecule has 0 aliphatic rings. The smallest absolute Gasteiger partial charge is 0.419 e. The Hall–Kier alpha value is -0.580. The van der Waals surface area contributed by atoms with Crippen LogP contribution in [-0.4, -0.2) is 0 Å². The SMILES string of the molecule is FC(F)(F)c1coc(S)c1. The predicted octanol–water partition coefficient (Wildman–Crippen LogP) is 2.59. The van der Waals surface area contributed by atoms with E-state index in [-0.39, 0.29) is 5.09 Å². The molecule has 1 rings (SSSR count). The summed E-state index contributed by atoms with van der Waals surface area (Å²) in [5.41, 5.74) is -0.808. The Balaban J connectivity index is 2.96. The van der Waals surface area contributed by atoms with Crippen LogP contribution < -0.4 is 0 Å². The first kappa shape index (κ1) is 7.53. The Kier molecular flexibility index (Phi) is 1.68. The van der Waals surface area contributed by atoms with Crippen LogP contribution in [0.2, 0.25) is 0 Å². The number of hydrogen-bond donors (Lipinski definition) is 1. The Morgan fingerprint density at radius 2 is 2.00 bits per heavy atom. The lowest BCUT2D eigenvalue weighted by Crippen LogP contribution is -2.01. The molecular weight excluding hydrogens is 165 g/mol. The molecule has 1 nitrogen and oxygen atoms in total. The molecule has 0 aromatic carbocycles. The normalized spacial score (nSPS) is 12.0. The Morgan fingerprint density at radius 1 is 1.40 bits per heavy atom. The Morgan fingerprint density at radius 3 is 2.20 bits per heavy atom. The van der Waals surface area contributed by atoms with Gasteiger partial charge in [0.2, 0.25) is 0 Å². The highest BCUT2D eigenvalue weighted by Gasteiger charge is 2.32. The van der Waals surface area contributed by atoms with Crippen molar-refractivity contribution in [2.24, 2.45) is 0 Å². The van der Waals surface area contributed by atoms with Gasteiger partial charge in [0.15, 0.2) is 5.09 Å². The van der Waals surface area contributed by atoms with Crippen molar-refractivity contribution in [3.63, 3.8) is 0 Å². The molecule has 0 fully saturated rings. The zero-order valence-corrected chi connectivity index (χ0v) is 5.54. The van der Waals surface area contributed by atoms with Crippen molar-refractivity contribution in [3.05, 3.63) is 17.9 Å². The van der Waals surface area contributed by atoms with Crippen LogP contribution in [0.15, 0.2) is 21.8 Å². The number of halogens is 3. The van der Waals surface area contributed by atoms with Gasteiger partial charge in [0.05, 0.1) is 5.56 Å². The maximum absolute atomic E-state index is 11.7. The summed E-state index contributed by atoms with van der Waals surface area (Å²) in [4.78, 5) is 0. The summed E-state index contributed by atoms with van der Waals surface area (Å²) in [7, 11) is 0. The fourth-order valence-corrected chi connectivity index (χ4v) is 0.665. The summed E-state index contributed by atoms with van der Waals surface area (Å²) in [6.45, 7) is 0. The van der Waals surface area contributed by atoms with Crippen LogP contribution >= 0.6 is 12.6 Å². The van der Waals surface area contributed by atoms with Crippen molar-refractivity contribution >= 4 is 12.6 Å². The molecule has 1 aromatic heterocycles. The minimum absolute atomic E-state index is 0.0349. The molecule has 0 radical (unpaired) electrons. The van der Waals surface area contributed by atoms with Gasteiger partial charge in [-0.2, -0.15) is 13.2 Å².